The number of hydrogen-bond donors (Lipinski definition) is 1. The molecule has 3 rings (SSSR count). The summed E-state index contributed by atoms with van der Waals surface area (Å²) in [4.78, 5) is 12.9. The quantitative estimate of drug-likeness (QED) is 0.461. The van der Waals surface area contributed by atoms with Crippen molar-refractivity contribution in [3.05, 3.63) is 59.1 Å². The molecule has 1 heterocycles. The fourth-order valence-corrected chi connectivity index (χ4v) is 4.08. The van der Waals surface area contributed by atoms with E-state index in [9.17, 15) is 13.6 Å². The number of benzene rings is 2. The Morgan fingerprint density at radius 1 is 1.26 bits per heavy atom. The lowest BCUT2D eigenvalue weighted by molar-refractivity contribution is -0.0498. The summed E-state index contributed by atoms with van der Waals surface area (Å²) in [5, 5.41) is 9.46. The lowest BCUT2D eigenvalue weighted by Crippen LogP contribution is -2.35. The Hall–Kier alpha value is -2.32. The highest BCUT2D eigenvalue weighted by atomic mass is 35.5. The average Bonchev–Trinajstić information content (AvgIpc) is 3.08. The van der Waals surface area contributed by atoms with E-state index in [0.717, 1.165) is 29.9 Å². The third kappa shape index (κ3) is 6.11. The molecule has 0 fully saturated rings. The smallest absolute Gasteiger partial charge is 0.387 e. The van der Waals surface area contributed by atoms with Crippen LogP contribution >= 0.6 is 23.4 Å². The van der Waals surface area contributed by atoms with E-state index in [1.807, 2.05) is 24.3 Å². The van der Waals surface area contributed by atoms with E-state index in [1.54, 1.807) is 11.8 Å². The topological polar surface area (TPSA) is 53.9 Å². The van der Waals surface area contributed by atoms with E-state index in [4.69, 9.17) is 11.6 Å². The van der Waals surface area contributed by atoms with Crippen LogP contribution in [-0.2, 0) is 0 Å². The van der Waals surface area contributed by atoms with Gasteiger partial charge in [-0.1, -0.05) is 30.7 Å². The number of nitrogens with zero attached hydrogens (tertiary/aromatic N) is 2. The number of amides is 2. The molecule has 2 aromatic rings. The molecule has 2 amide bonds. The first-order chi connectivity index (χ1) is 14.8. The Bertz CT molecular complexity index is 925. The lowest BCUT2D eigenvalue weighted by Gasteiger charge is -2.26. The van der Waals surface area contributed by atoms with Crippen molar-refractivity contribution in [2.75, 3.05) is 23.9 Å². The minimum Gasteiger partial charge on any atom is -0.435 e. The Labute approximate surface area is 189 Å². The summed E-state index contributed by atoms with van der Waals surface area (Å²) in [6, 6.07) is 12.8. The average molecular weight is 468 g/mol. The molecule has 0 saturated heterocycles. The van der Waals surface area contributed by atoms with Crippen LogP contribution in [0.3, 0.4) is 0 Å². The summed E-state index contributed by atoms with van der Waals surface area (Å²) in [6.45, 7) is -0.336. The van der Waals surface area contributed by atoms with Crippen LogP contribution in [0.1, 0.15) is 25.3 Å². The molecule has 0 aliphatic carbocycles. The van der Waals surface area contributed by atoms with Crippen molar-refractivity contribution in [2.45, 2.75) is 26.4 Å². The van der Waals surface area contributed by atoms with Crippen LogP contribution in [0.25, 0.3) is 0 Å². The van der Waals surface area contributed by atoms with E-state index in [2.05, 4.69) is 28.3 Å². The van der Waals surface area contributed by atoms with Crippen LogP contribution < -0.4 is 10.1 Å². The second-order valence-electron chi connectivity index (χ2n) is 7.50. The maximum absolute atomic E-state index is 12.9. The number of rotatable bonds is 8. The fraction of sp³-hybridized carbons (Fsp3) is 0.364. The Morgan fingerprint density at radius 2 is 1.94 bits per heavy atom. The van der Waals surface area contributed by atoms with Gasteiger partial charge in [-0.05, 0) is 66.8 Å². The van der Waals surface area contributed by atoms with Crippen molar-refractivity contribution >= 4 is 40.8 Å². The minimum atomic E-state index is -2.89. The molecule has 1 aliphatic rings. The molecular weight excluding hydrogens is 444 g/mol. The SMILES string of the molecule is CSCCCC1(C)CN(C(=O)Nc2ccc(OC(F)F)cc2)N=C1c1ccc(Cl)cc1. The summed E-state index contributed by atoms with van der Waals surface area (Å²) in [6.07, 6.45) is 3.96. The molecule has 5 nitrogen and oxygen atoms in total. The number of thioether (sulfide) groups is 1. The van der Waals surface area contributed by atoms with Crippen LogP contribution in [0.2, 0.25) is 5.02 Å². The molecule has 0 radical (unpaired) electrons. The third-order valence-electron chi connectivity index (χ3n) is 5.05. The molecule has 1 atom stereocenters. The number of ether oxygens (including phenoxy) is 1. The molecule has 1 unspecified atom stereocenters. The number of carbonyl (C=O) groups excluding carboxylic acids is 1. The van der Waals surface area contributed by atoms with E-state index in [-0.39, 0.29) is 17.2 Å². The highest BCUT2D eigenvalue weighted by Gasteiger charge is 2.40. The molecule has 166 valence electrons. The van der Waals surface area contributed by atoms with Gasteiger partial charge in [0, 0.05) is 16.1 Å². The molecule has 1 N–H and O–H groups in total. The normalized spacial score (nSPS) is 18.3. The van der Waals surface area contributed by atoms with Gasteiger partial charge in [-0.25, -0.2) is 9.80 Å². The van der Waals surface area contributed by atoms with Crippen LogP contribution in [0.15, 0.2) is 53.6 Å². The Kier molecular flexibility index (Phi) is 7.78. The van der Waals surface area contributed by atoms with E-state index < -0.39 is 6.61 Å². The predicted octanol–water partition coefficient (Wildman–Crippen LogP) is 6.34. The van der Waals surface area contributed by atoms with Crippen LogP contribution in [0.4, 0.5) is 19.3 Å². The second-order valence-corrected chi connectivity index (χ2v) is 8.93. The molecular formula is C22H24ClF2N3O2S. The number of carbonyl (C=O) groups is 1. The second kappa shape index (κ2) is 10.3. The van der Waals surface area contributed by atoms with Crippen molar-refractivity contribution < 1.29 is 18.3 Å². The molecule has 9 heteroatoms. The number of hydrogen-bond acceptors (Lipinski definition) is 4. The number of alkyl halides is 2. The van der Waals surface area contributed by atoms with Gasteiger partial charge in [-0.15, -0.1) is 0 Å². The van der Waals surface area contributed by atoms with Crippen LogP contribution in [0, 0.1) is 5.41 Å². The number of anilines is 1. The van der Waals surface area contributed by atoms with Crippen LogP contribution in [-0.4, -0.2) is 41.9 Å². The number of urea groups is 1. The summed E-state index contributed by atoms with van der Waals surface area (Å²) < 4.78 is 28.9. The van der Waals surface area contributed by atoms with Crippen molar-refractivity contribution in [2.24, 2.45) is 10.5 Å². The molecule has 0 aromatic heterocycles. The van der Waals surface area contributed by atoms with Gasteiger partial charge in [0.1, 0.15) is 5.75 Å². The minimum absolute atomic E-state index is 0.0265. The van der Waals surface area contributed by atoms with Gasteiger partial charge in [0.15, 0.2) is 0 Å². The largest absolute Gasteiger partial charge is 0.435 e. The molecule has 0 saturated carbocycles. The summed E-state index contributed by atoms with van der Waals surface area (Å²) in [5.41, 5.74) is 1.95. The molecule has 0 bridgehead atoms. The molecule has 0 spiro atoms. The van der Waals surface area contributed by atoms with Gasteiger partial charge in [0.25, 0.3) is 0 Å². The zero-order valence-corrected chi connectivity index (χ0v) is 18.9. The van der Waals surface area contributed by atoms with Crippen molar-refractivity contribution in [3.63, 3.8) is 0 Å². The van der Waals surface area contributed by atoms with Crippen LogP contribution in [0.5, 0.6) is 5.75 Å². The van der Waals surface area contributed by atoms with Crippen molar-refractivity contribution in [1.82, 2.24) is 5.01 Å². The number of nitrogens with one attached hydrogen (secondary N) is 1. The lowest BCUT2D eigenvalue weighted by atomic mass is 9.78. The van der Waals surface area contributed by atoms with Gasteiger partial charge >= 0.3 is 12.6 Å². The Morgan fingerprint density at radius 3 is 2.55 bits per heavy atom. The van der Waals surface area contributed by atoms with E-state index in [0.29, 0.717) is 17.3 Å². The van der Waals surface area contributed by atoms with Crippen molar-refractivity contribution in [3.8, 4) is 5.75 Å². The number of halogens is 3. The zero-order valence-electron chi connectivity index (χ0n) is 17.3. The third-order valence-corrected chi connectivity index (χ3v) is 6.00. The van der Waals surface area contributed by atoms with Gasteiger partial charge < -0.3 is 10.1 Å². The van der Waals surface area contributed by atoms with Gasteiger partial charge in [-0.2, -0.15) is 25.6 Å². The first kappa shape index (κ1) is 23.3. The molecule has 1 aliphatic heterocycles. The Balaban J connectivity index is 1.76. The van der Waals surface area contributed by atoms with E-state index in [1.165, 1.54) is 29.3 Å². The predicted molar refractivity (Wildman–Crippen MR) is 123 cm³/mol. The summed E-state index contributed by atoms with van der Waals surface area (Å²) in [7, 11) is 0. The number of hydrazone groups is 1. The highest BCUT2D eigenvalue weighted by Crippen LogP contribution is 2.36. The van der Waals surface area contributed by atoms with E-state index >= 15 is 0 Å². The first-order valence-electron chi connectivity index (χ1n) is 9.78. The highest BCUT2D eigenvalue weighted by molar-refractivity contribution is 7.98. The van der Waals surface area contributed by atoms with Gasteiger partial charge in [0.2, 0.25) is 0 Å². The molecule has 31 heavy (non-hydrogen) atoms. The zero-order chi connectivity index (χ0) is 22.4. The van der Waals surface area contributed by atoms with Gasteiger partial charge in [-0.3, -0.25) is 0 Å². The van der Waals surface area contributed by atoms with Gasteiger partial charge in [0.05, 0.1) is 12.3 Å². The fourth-order valence-electron chi connectivity index (χ4n) is 3.53. The maximum Gasteiger partial charge on any atom is 0.387 e. The summed E-state index contributed by atoms with van der Waals surface area (Å²) >= 11 is 7.82. The first-order valence-corrected chi connectivity index (χ1v) is 11.6. The summed E-state index contributed by atoms with van der Waals surface area (Å²) in [5.74, 6) is 1.06. The monoisotopic (exact) mass is 467 g/mol. The maximum atomic E-state index is 12.9. The van der Waals surface area contributed by atoms with Crippen molar-refractivity contribution in [1.29, 1.82) is 0 Å². The standard InChI is InChI=1S/C22H24ClF2N3O2S/c1-22(12-3-13-31-2)14-28(27-19(22)15-4-6-16(23)7-5-15)21(29)26-17-8-10-18(11-9-17)30-20(24)25/h4-11,20H,3,12-14H2,1-2H3,(H,26,29). The molecule has 2 aromatic carbocycles.